The van der Waals surface area contributed by atoms with Crippen LogP contribution in [-0.4, -0.2) is 32.4 Å². The zero-order valence-electron chi connectivity index (χ0n) is 20.7. The summed E-state index contributed by atoms with van der Waals surface area (Å²) in [7, 11) is 0. The van der Waals surface area contributed by atoms with Crippen molar-refractivity contribution >= 4 is 11.6 Å². The minimum absolute atomic E-state index is 0.00238. The molecule has 0 radical (unpaired) electrons. The molecule has 0 spiro atoms. The van der Waals surface area contributed by atoms with E-state index in [0.717, 1.165) is 41.2 Å². The van der Waals surface area contributed by atoms with Gasteiger partial charge in [0.25, 0.3) is 0 Å². The summed E-state index contributed by atoms with van der Waals surface area (Å²) in [6.07, 6.45) is 7.80. The van der Waals surface area contributed by atoms with Gasteiger partial charge in [0.2, 0.25) is 5.91 Å². The summed E-state index contributed by atoms with van der Waals surface area (Å²) in [5, 5.41) is 21.9. The molecule has 1 atom stereocenters. The van der Waals surface area contributed by atoms with Crippen LogP contribution in [0.25, 0.3) is 0 Å². The molecule has 2 N–H and O–H groups in total. The number of carbonyl (C=O) groups is 1. The van der Waals surface area contributed by atoms with Crippen LogP contribution in [0.3, 0.4) is 0 Å². The lowest BCUT2D eigenvalue weighted by Crippen LogP contribution is -2.26. The Morgan fingerprint density at radius 3 is 2.61 bits per heavy atom. The summed E-state index contributed by atoms with van der Waals surface area (Å²) >= 11 is 0. The molecule has 0 unspecified atom stereocenters. The molecule has 1 aromatic heterocycles. The molecular formula is C27H40N4O2. The smallest absolute Gasteiger partial charge is 0.225 e. The van der Waals surface area contributed by atoms with Gasteiger partial charge in [0.1, 0.15) is 11.6 Å². The quantitative estimate of drug-likeness (QED) is 0.461. The van der Waals surface area contributed by atoms with Crippen molar-refractivity contribution in [1.82, 2.24) is 14.8 Å². The van der Waals surface area contributed by atoms with Gasteiger partial charge >= 0.3 is 0 Å². The predicted octanol–water partition coefficient (Wildman–Crippen LogP) is 5.65. The molecule has 1 aromatic carbocycles. The fraction of sp³-hybridized carbons (Fsp3) is 0.667. The maximum absolute atomic E-state index is 13.0. The second-order valence-electron chi connectivity index (χ2n) is 10.8. The lowest BCUT2D eigenvalue weighted by atomic mass is 9.71. The first-order valence-corrected chi connectivity index (χ1v) is 12.8. The number of rotatable bonds is 11. The normalized spacial score (nSPS) is 21.2. The van der Waals surface area contributed by atoms with Crippen molar-refractivity contribution in [2.45, 2.75) is 96.9 Å². The van der Waals surface area contributed by atoms with Crippen molar-refractivity contribution < 1.29 is 9.90 Å². The lowest BCUT2D eigenvalue weighted by Gasteiger charge is -2.36. The molecule has 0 bridgehead atoms. The number of hydrogen-bond donors (Lipinski definition) is 2. The third-order valence-corrected chi connectivity index (χ3v) is 7.23. The predicted molar refractivity (Wildman–Crippen MR) is 131 cm³/mol. The van der Waals surface area contributed by atoms with Crippen LogP contribution < -0.4 is 5.32 Å². The van der Waals surface area contributed by atoms with Gasteiger partial charge in [-0.1, -0.05) is 31.5 Å². The van der Waals surface area contributed by atoms with Crippen molar-refractivity contribution in [2.24, 2.45) is 11.8 Å². The van der Waals surface area contributed by atoms with Gasteiger partial charge in [-0.2, -0.15) is 0 Å². The topological polar surface area (TPSA) is 80.0 Å². The summed E-state index contributed by atoms with van der Waals surface area (Å²) in [4.78, 5) is 13.0. The highest BCUT2D eigenvalue weighted by atomic mass is 16.3. The maximum atomic E-state index is 13.0. The van der Waals surface area contributed by atoms with Gasteiger partial charge < -0.3 is 15.0 Å². The fourth-order valence-corrected chi connectivity index (χ4v) is 5.42. The summed E-state index contributed by atoms with van der Waals surface area (Å²) in [6, 6.07) is 6.56. The highest BCUT2D eigenvalue weighted by molar-refractivity contribution is 5.92. The molecule has 2 fully saturated rings. The van der Waals surface area contributed by atoms with Crippen molar-refractivity contribution in [2.75, 3.05) is 11.9 Å². The molecule has 6 heteroatoms. The van der Waals surface area contributed by atoms with Gasteiger partial charge in [0, 0.05) is 36.6 Å². The molecule has 0 saturated heterocycles. The fourth-order valence-electron chi connectivity index (χ4n) is 5.42. The van der Waals surface area contributed by atoms with Crippen LogP contribution in [0.4, 0.5) is 5.69 Å². The van der Waals surface area contributed by atoms with E-state index in [2.05, 4.69) is 46.9 Å². The monoisotopic (exact) mass is 452 g/mol. The molecule has 4 rings (SSSR count). The van der Waals surface area contributed by atoms with E-state index in [1.165, 1.54) is 37.7 Å². The number of hydrogen-bond acceptors (Lipinski definition) is 4. The van der Waals surface area contributed by atoms with E-state index in [1.807, 2.05) is 19.1 Å². The van der Waals surface area contributed by atoms with E-state index in [0.29, 0.717) is 24.8 Å². The average molecular weight is 453 g/mol. The van der Waals surface area contributed by atoms with Gasteiger partial charge in [0.15, 0.2) is 0 Å². The first-order valence-electron chi connectivity index (χ1n) is 12.8. The number of aliphatic hydroxyl groups excluding tert-OH is 1. The molecule has 2 saturated carbocycles. The average Bonchev–Trinajstić information content (AvgIpc) is 3.48. The molecule has 1 heterocycles. The SMILES string of the molecule is Cc1ccc(NC(=O)C[C@H](CCCO)c2nnc(C3CC(CC(C)C)C3)n2C2CC2)c(C)c1. The number of nitrogens with zero attached hydrogens (tertiary/aromatic N) is 3. The number of anilines is 1. The molecule has 2 aliphatic carbocycles. The Labute approximate surface area is 198 Å². The van der Waals surface area contributed by atoms with Crippen LogP contribution in [0.15, 0.2) is 18.2 Å². The molecule has 6 nitrogen and oxygen atoms in total. The molecule has 180 valence electrons. The maximum Gasteiger partial charge on any atom is 0.225 e. The van der Waals surface area contributed by atoms with Crippen molar-refractivity contribution in [3.05, 3.63) is 41.0 Å². The summed E-state index contributed by atoms with van der Waals surface area (Å²) in [5.41, 5.74) is 3.11. The first kappa shape index (κ1) is 23.9. The lowest BCUT2D eigenvalue weighted by molar-refractivity contribution is -0.116. The van der Waals surface area contributed by atoms with Crippen molar-refractivity contribution in [3.63, 3.8) is 0 Å². The van der Waals surface area contributed by atoms with E-state index in [9.17, 15) is 9.90 Å². The van der Waals surface area contributed by atoms with Gasteiger partial charge in [-0.25, -0.2) is 0 Å². The molecule has 2 aliphatic rings. The first-order chi connectivity index (χ1) is 15.9. The van der Waals surface area contributed by atoms with Crippen molar-refractivity contribution in [3.8, 4) is 0 Å². The Bertz CT molecular complexity index is 957. The van der Waals surface area contributed by atoms with E-state index in [4.69, 9.17) is 0 Å². The zero-order valence-corrected chi connectivity index (χ0v) is 20.7. The Balaban J connectivity index is 1.50. The van der Waals surface area contributed by atoms with Gasteiger partial charge in [-0.3, -0.25) is 4.79 Å². The number of nitrogens with one attached hydrogen (secondary N) is 1. The van der Waals surface area contributed by atoms with Crippen LogP contribution >= 0.6 is 0 Å². The largest absolute Gasteiger partial charge is 0.396 e. The molecule has 2 aromatic rings. The third kappa shape index (κ3) is 5.84. The Hall–Kier alpha value is -2.21. The van der Waals surface area contributed by atoms with E-state index >= 15 is 0 Å². The standard InChI is InChI=1S/C27H40N4O2/c1-17(2)12-20-14-22(15-20)27-30-29-26(31(27)23-8-9-23)21(6-5-11-32)16-25(33)28-24-10-7-18(3)13-19(24)4/h7,10,13,17,20-23,32H,5-6,8-9,11-12,14-16H2,1-4H3,(H,28,33)/t20?,21-,22?/m0/s1. The van der Waals surface area contributed by atoms with E-state index < -0.39 is 0 Å². The van der Waals surface area contributed by atoms with Crippen LogP contribution in [-0.2, 0) is 4.79 Å². The van der Waals surface area contributed by atoms with Crippen LogP contribution in [0, 0.1) is 25.7 Å². The van der Waals surface area contributed by atoms with Crippen LogP contribution in [0.2, 0.25) is 0 Å². The Morgan fingerprint density at radius 1 is 1.21 bits per heavy atom. The number of benzene rings is 1. The highest BCUT2D eigenvalue weighted by Crippen LogP contribution is 2.48. The number of aryl methyl sites for hydroxylation is 2. The summed E-state index contributed by atoms with van der Waals surface area (Å²) < 4.78 is 2.38. The van der Waals surface area contributed by atoms with Gasteiger partial charge in [0.05, 0.1) is 0 Å². The van der Waals surface area contributed by atoms with Crippen molar-refractivity contribution in [1.29, 1.82) is 0 Å². The Morgan fingerprint density at radius 2 is 1.97 bits per heavy atom. The minimum Gasteiger partial charge on any atom is -0.396 e. The zero-order chi connectivity index (χ0) is 23.5. The second-order valence-corrected chi connectivity index (χ2v) is 10.8. The molecule has 1 amide bonds. The van der Waals surface area contributed by atoms with Gasteiger partial charge in [-0.05, 0) is 82.3 Å². The Kier molecular flexibility index (Phi) is 7.52. The summed E-state index contributed by atoms with van der Waals surface area (Å²) in [5.74, 6) is 4.09. The third-order valence-electron chi connectivity index (χ3n) is 7.23. The highest BCUT2D eigenvalue weighted by Gasteiger charge is 2.39. The van der Waals surface area contributed by atoms with E-state index in [-0.39, 0.29) is 18.4 Å². The summed E-state index contributed by atoms with van der Waals surface area (Å²) in [6.45, 7) is 8.80. The van der Waals surface area contributed by atoms with Gasteiger partial charge in [-0.15, -0.1) is 10.2 Å². The number of aromatic nitrogens is 3. The van der Waals surface area contributed by atoms with Crippen LogP contribution in [0.1, 0.15) is 106 Å². The molecular weight excluding hydrogens is 412 g/mol. The molecule has 33 heavy (non-hydrogen) atoms. The number of aliphatic hydroxyl groups is 1. The number of carbonyl (C=O) groups excluding carboxylic acids is 1. The molecule has 0 aliphatic heterocycles. The minimum atomic E-state index is -0.0312. The van der Waals surface area contributed by atoms with E-state index in [1.54, 1.807) is 0 Å². The number of amides is 1. The van der Waals surface area contributed by atoms with Crippen LogP contribution in [0.5, 0.6) is 0 Å². The second kappa shape index (κ2) is 10.4.